The molecule has 2 rings (SSSR count). The zero-order chi connectivity index (χ0) is 16.1. The number of carbonyl (C=O) groups excluding carboxylic acids is 1. The van der Waals surface area contributed by atoms with E-state index in [9.17, 15) is 9.18 Å². The van der Waals surface area contributed by atoms with Gasteiger partial charge in [-0.25, -0.2) is 4.39 Å². The minimum absolute atomic E-state index is 0.00179. The maximum Gasteiger partial charge on any atom is 0.222 e. The quantitative estimate of drug-likeness (QED) is 0.660. The van der Waals surface area contributed by atoms with Crippen molar-refractivity contribution in [2.75, 3.05) is 7.05 Å². The molecular formula is C17H16Br2FNO. The van der Waals surface area contributed by atoms with E-state index in [-0.39, 0.29) is 11.7 Å². The Morgan fingerprint density at radius 1 is 1.14 bits per heavy atom. The molecule has 0 aliphatic carbocycles. The average molecular weight is 429 g/mol. The molecule has 0 radical (unpaired) electrons. The standard InChI is InChI=1S/C17H16Br2FNO/c1-21(11-13-4-2-3-5-15(13)19)17(22)9-7-12-6-8-14(18)10-16(12)20/h2-6,8,10H,7,9,11H2,1H3. The van der Waals surface area contributed by atoms with Gasteiger partial charge in [0.2, 0.25) is 5.91 Å². The first-order chi connectivity index (χ1) is 10.5. The van der Waals surface area contributed by atoms with Crippen LogP contribution in [0.5, 0.6) is 0 Å². The fourth-order valence-corrected chi connectivity index (χ4v) is 2.87. The Morgan fingerprint density at radius 2 is 1.86 bits per heavy atom. The fraction of sp³-hybridized carbons (Fsp3) is 0.235. The van der Waals surface area contributed by atoms with Crippen LogP contribution in [-0.4, -0.2) is 17.9 Å². The van der Waals surface area contributed by atoms with Gasteiger partial charge in [-0.05, 0) is 35.7 Å². The van der Waals surface area contributed by atoms with Gasteiger partial charge in [0.1, 0.15) is 5.82 Å². The van der Waals surface area contributed by atoms with Gasteiger partial charge >= 0.3 is 0 Å². The lowest BCUT2D eigenvalue weighted by Crippen LogP contribution is -2.26. The predicted octanol–water partition coefficient (Wildman–Crippen LogP) is 4.94. The van der Waals surface area contributed by atoms with Crippen LogP contribution in [0.25, 0.3) is 0 Å². The lowest BCUT2D eigenvalue weighted by atomic mass is 10.1. The topological polar surface area (TPSA) is 20.3 Å². The van der Waals surface area contributed by atoms with Crippen molar-refractivity contribution >= 4 is 37.8 Å². The van der Waals surface area contributed by atoms with Crippen molar-refractivity contribution in [1.82, 2.24) is 4.90 Å². The Hall–Kier alpha value is -1.20. The van der Waals surface area contributed by atoms with Crippen molar-refractivity contribution in [2.24, 2.45) is 0 Å². The molecule has 0 aliphatic heterocycles. The summed E-state index contributed by atoms with van der Waals surface area (Å²) in [5.41, 5.74) is 1.61. The molecule has 5 heteroatoms. The Kier molecular flexibility index (Phi) is 6.15. The number of carbonyl (C=O) groups is 1. The third-order valence-electron chi connectivity index (χ3n) is 3.41. The Morgan fingerprint density at radius 3 is 2.55 bits per heavy atom. The predicted molar refractivity (Wildman–Crippen MR) is 93.0 cm³/mol. The number of nitrogens with zero attached hydrogens (tertiary/aromatic N) is 1. The summed E-state index contributed by atoms with van der Waals surface area (Å²) in [5.74, 6) is -0.284. The van der Waals surface area contributed by atoms with Crippen molar-refractivity contribution in [3.8, 4) is 0 Å². The first kappa shape index (κ1) is 17.2. The monoisotopic (exact) mass is 427 g/mol. The molecule has 0 saturated heterocycles. The molecule has 0 heterocycles. The van der Waals surface area contributed by atoms with E-state index in [0.29, 0.717) is 29.4 Å². The average Bonchev–Trinajstić information content (AvgIpc) is 2.48. The first-order valence-corrected chi connectivity index (χ1v) is 8.47. The summed E-state index contributed by atoms with van der Waals surface area (Å²) < 4.78 is 15.4. The van der Waals surface area contributed by atoms with Crippen molar-refractivity contribution in [3.63, 3.8) is 0 Å². The van der Waals surface area contributed by atoms with Crippen LogP contribution in [-0.2, 0) is 17.8 Å². The summed E-state index contributed by atoms with van der Waals surface area (Å²) in [6, 6.07) is 12.7. The summed E-state index contributed by atoms with van der Waals surface area (Å²) in [6.45, 7) is 0.531. The summed E-state index contributed by atoms with van der Waals surface area (Å²) in [7, 11) is 1.76. The van der Waals surface area contributed by atoms with Gasteiger partial charge in [0.25, 0.3) is 0 Å². The number of hydrogen-bond acceptors (Lipinski definition) is 1. The van der Waals surface area contributed by atoms with E-state index < -0.39 is 0 Å². The second-order valence-corrected chi connectivity index (χ2v) is 6.85. The van der Waals surface area contributed by atoms with Crippen molar-refractivity contribution in [3.05, 3.63) is 68.4 Å². The number of aryl methyl sites for hydroxylation is 1. The first-order valence-electron chi connectivity index (χ1n) is 6.88. The molecule has 2 aromatic carbocycles. The van der Waals surface area contributed by atoms with E-state index in [1.54, 1.807) is 24.1 Å². The van der Waals surface area contributed by atoms with Crippen LogP contribution in [0.4, 0.5) is 4.39 Å². The largest absolute Gasteiger partial charge is 0.341 e. The van der Waals surface area contributed by atoms with Gasteiger partial charge in [-0.1, -0.05) is 56.1 Å². The molecule has 0 bridgehead atoms. The minimum atomic E-state index is -0.282. The van der Waals surface area contributed by atoms with Gasteiger partial charge in [0, 0.05) is 29.0 Å². The lowest BCUT2D eigenvalue weighted by molar-refractivity contribution is -0.130. The van der Waals surface area contributed by atoms with Gasteiger partial charge < -0.3 is 4.90 Å². The molecule has 0 unspecified atom stereocenters. The van der Waals surface area contributed by atoms with Crippen LogP contribution in [0.2, 0.25) is 0 Å². The molecule has 0 spiro atoms. The van der Waals surface area contributed by atoms with Crippen LogP contribution in [0, 0.1) is 5.82 Å². The Bertz CT molecular complexity index is 675. The number of rotatable bonds is 5. The number of hydrogen-bond donors (Lipinski definition) is 0. The second-order valence-electron chi connectivity index (χ2n) is 5.08. The molecule has 2 nitrogen and oxygen atoms in total. The molecule has 0 saturated carbocycles. The third kappa shape index (κ3) is 4.65. The molecule has 0 N–H and O–H groups in total. The number of benzene rings is 2. The van der Waals surface area contributed by atoms with Crippen LogP contribution in [0.15, 0.2) is 51.4 Å². The summed E-state index contributed by atoms with van der Waals surface area (Å²) >= 11 is 6.70. The molecule has 116 valence electrons. The Labute approximate surface area is 146 Å². The summed E-state index contributed by atoms with van der Waals surface area (Å²) in [4.78, 5) is 13.9. The van der Waals surface area contributed by atoms with E-state index in [0.717, 1.165) is 10.0 Å². The van der Waals surface area contributed by atoms with Crippen molar-refractivity contribution in [1.29, 1.82) is 0 Å². The Balaban J connectivity index is 1.93. The molecule has 0 atom stereocenters. The van der Waals surface area contributed by atoms with E-state index in [4.69, 9.17) is 0 Å². The van der Waals surface area contributed by atoms with Crippen LogP contribution < -0.4 is 0 Å². The molecule has 0 aromatic heterocycles. The van der Waals surface area contributed by atoms with Gasteiger partial charge in [0.05, 0.1) is 0 Å². The van der Waals surface area contributed by atoms with E-state index in [2.05, 4.69) is 31.9 Å². The maximum atomic E-state index is 13.7. The highest BCUT2D eigenvalue weighted by molar-refractivity contribution is 9.10. The SMILES string of the molecule is CN(Cc1ccccc1Br)C(=O)CCc1ccc(Br)cc1F. The lowest BCUT2D eigenvalue weighted by Gasteiger charge is -2.18. The minimum Gasteiger partial charge on any atom is -0.341 e. The molecule has 2 aromatic rings. The van der Waals surface area contributed by atoms with Crippen LogP contribution in [0.3, 0.4) is 0 Å². The smallest absolute Gasteiger partial charge is 0.222 e. The highest BCUT2D eigenvalue weighted by atomic mass is 79.9. The van der Waals surface area contributed by atoms with Crippen LogP contribution >= 0.6 is 31.9 Å². The molecule has 0 fully saturated rings. The van der Waals surface area contributed by atoms with Crippen molar-refractivity contribution < 1.29 is 9.18 Å². The van der Waals surface area contributed by atoms with E-state index >= 15 is 0 Å². The normalized spacial score (nSPS) is 10.5. The maximum absolute atomic E-state index is 13.7. The van der Waals surface area contributed by atoms with Gasteiger partial charge in [-0.15, -0.1) is 0 Å². The summed E-state index contributed by atoms with van der Waals surface area (Å²) in [6.07, 6.45) is 0.692. The summed E-state index contributed by atoms with van der Waals surface area (Å²) in [5, 5.41) is 0. The number of halogens is 3. The zero-order valence-electron chi connectivity index (χ0n) is 12.2. The number of amides is 1. The van der Waals surface area contributed by atoms with Gasteiger partial charge in [0.15, 0.2) is 0 Å². The molecule has 0 aliphatic rings. The zero-order valence-corrected chi connectivity index (χ0v) is 15.3. The molecule has 22 heavy (non-hydrogen) atoms. The van der Waals surface area contributed by atoms with E-state index in [1.165, 1.54) is 6.07 Å². The van der Waals surface area contributed by atoms with E-state index in [1.807, 2.05) is 24.3 Å². The molecule has 1 amide bonds. The van der Waals surface area contributed by atoms with Gasteiger partial charge in [-0.3, -0.25) is 4.79 Å². The highest BCUT2D eigenvalue weighted by Gasteiger charge is 2.12. The van der Waals surface area contributed by atoms with Gasteiger partial charge in [-0.2, -0.15) is 0 Å². The highest BCUT2D eigenvalue weighted by Crippen LogP contribution is 2.19. The second kappa shape index (κ2) is 7.88. The van der Waals surface area contributed by atoms with Crippen LogP contribution in [0.1, 0.15) is 17.5 Å². The third-order valence-corrected chi connectivity index (χ3v) is 4.68. The fourth-order valence-electron chi connectivity index (χ4n) is 2.13. The molecular weight excluding hydrogens is 413 g/mol. The van der Waals surface area contributed by atoms with Crippen molar-refractivity contribution in [2.45, 2.75) is 19.4 Å².